The molecule has 0 aliphatic carbocycles. The van der Waals surface area contributed by atoms with Crippen LogP contribution in [0, 0.1) is 0 Å². The van der Waals surface area contributed by atoms with Crippen LogP contribution in [0.1, 0.15) is 13.0 Å². The molecule has 1 aromatic carbocycles. The van der Waals surface area contributed by atoms with E-state index >= 15 is 0 Å². The molecule has 3 rings (SSSR count). The minimum Gasteiger partial charge on any atom is -0.378 e. The van der Waals surface area contributed by atoms with E-state index in [1.54, 1.807) is 21.8 Å². The molecule has 2 aromatic rings. The molecule has 6 heteroatoms. The monoisotopic (exact) mass is 292 g/mol. The SMILES string of the molecule is CC(C(=O)N1CCOCC1)n1sc2ccccc2c1=O. The topological polar surface area (TPSA) is 51.5 Å². The number of hydrogen-bond donors (Lipinski definition) is 0. The summed E-state index contributed by atoms with van der Waals surface area (Å²) in [6, 6.07) is 6.99. The van der Waals surface area contributed by atoms with Crippen LogP contribution in [0.15, 0.2) is 29.1 Å². The second-order valence-corrected chi connectivity index (χ2v) is 5.85. The van der Waals surface area contributed by atoms with Crippen LogP contribution in [0.25, 0.3) is 10.1 Å². The summed E-state index contributed by atoms with van der Waals surface area (Å²) in [6.07, 6.45) is 0. The van der Waals surface area contributed by atoms with Gasteiger partial charge in [0.2, 0.25) is 5.91 Å². The van der Waals surface area contributed by atoms with Crippen LogP contribution < -0.4 is 5.56 Å². The van der Waals surface area contributed by atoms with E-state index in [1.165, 1.54) is 11.5 Å². The number of carbonyl (C=O) groups is 1. The van der Waals surface area contributed by atoms with E-state index in [9.17, 15) is 9.59 Å². The van der Waals surface area contributed by atoms with Gasteiger partial charge in [-0.1, -0.05) is 23.7 Å². The number of nitrogens with zero attached hydrogens (tertiary/aromatic N) is 2. The lowest BCUT2D eigenvalue weighted by molar-refractivity contribution is -0.138. The van der Waals surface area contributed by atoms with Gasteiger partial charge in [-0.15, -0.1) is 0 Å². The highest BCUT2D eigenvalue weighted by Crippen LogP contribution is 2.20. The first-order valence-corrected chi connectivity index (χ1v) is 7.43. The Hall–Kier alpha value is -1.66. The summed E-state index contributed by atoms with van der Waals surface area (Å²) in [5.41, 5.74) is -0.0836. The molecule has 0 saturated carbocycles. The predicted octanol–water partition coefficient (Wildman–Crippen LogP) is 1.48. The van der Waals surface area contributed by atoms with E-state index in [-0.39, 0.29) is 11.5 Å². The molecule has 0 bridgehead atoms. The van der Waals surface area contributed by atoms with E-state index in [4.69, 9.17) is 4.74 Å². The van der Waals surface area contributed by atoms with E-state index in [1.807, 2.05) is 18.2 Å². The van der Waals surface area contributed by atoms with Gasteiger partial charge in [0.1, 0.15) is 6.04 Å². The number of hydrogen-bond acceptors (Lipinski definition) is 4. The minimum absolute atomic E-state index is 0.0121. The number of benzene rings is 1. The molecule has 2 heterocycles. The summed E-state index contributed by atoms with van der Waals surface area (Å²) in [5, 5.41) is 0.680. The third kappa shape index (κ3) is 2.25. The molecule has 1 atom stereocenters. The number of carbonyl (C=O) groups excluding carboxylic acids is 1. The van der Waals surface area contributed by atoms with Crippen LogP contribution >= 0.6 is 11.5 Å². The van der Waals surface area contributed by atoms with E-state index in [0.29, 0.717) is 31.7 Å². The van der Waals surface area contributed by atoms with Gasteiger partial charge in [-0.05, 0) is 19.1 Å². The second kappa shape index (κ2) is 5.38. The smallest absolute Gasteiger partial charge is 0.269 e. The molecule has 1 fully saturated rings. The molecule has 1 amide bonds. The molecule has 1 aliphatic heterocycles. The van der Waals surface area contributed by atoms with Crippen molar-refractivity contribution in [3.63, 3.8) is 0 Å². The number of amides is 1. The molecule has 1 unspecified atom stereocenters. The highest BCUT2D eigenvalue weighted by molar-refractivity contribution is 7.13. The lowest BCUT2D eigenvalue weighted by atomic mass is 10.2. The van der Waals surface area contributed by atoms with Crippen LogP contribution in [-0.2, 0) is 9.53 Å². The van der Waals surface area contributed by atoms with Crippen molar-refractivity contribution in [3.8, 4) is 0 Å². The molecule has 5 nitrogen and oxygen atoms in total. The number of ether oxygens (including phenoxy) is 1. The molecular formula is C14H16N2O3S. The van der Waals surface area contributed by atoms with E-state index in [2.05, 4.69) is 0 Å². The number of rotatable bonds is 2. The van der Waals surface area contributed by atoms with Gasteiger partial charge in [-0.3, -0.25) is 13.5 Å². The fourth-order valence-corrected chi connectivity index (χ4v) is 3.43. The standard InChI is InChI=1S/C14H16N2O3S/c1-10(13(17)15-6-8-19-9-7-15)16-14(18)11-4-2-3-5-12(11)20-16/h2-5,10H,6-9H2,1H3. The summed E-state index contributed by atoms with van der Waals surface area (Å²) >= 11 is 1.35. The van der Waals surface area contributed by atoms with Crippen molar-refractivity contribution in [2.75, 3.05) is 26.3 Å². The maximum atomic E-state index is 12.4. The Morgan fingerprint density at radius 2 is 2.00 bits per heavy atom. The first kappa shape index (κ1) is 13.3. The lowest BCUT2D eigenvalue weighted by Gasteiger charge is -2.29. The normalized spacial score (nSPS) is 17.4. The summed E-state index contributed by atoms with van der Waals surface area (Å²) < 4.78 is 7.74. The third-order valence-corrected chi connectivity index (χ3v) is 4.78. The van der Waals surface area contributed by atoms with Gasteiger partial charge in [0.05, 0.1) is 23.3 Å². The Bertz CT molecular complexity index is 685. The van der Waals surface area contributed by atoms with Gasteiger partial charge in [0.15, 0.2) is 0 Å². The average molecular weight is 292 g/mol. The highest BCUT2D eigenvalue weighted by atomic mass is 32.1. The molecule has 0 radical (unpaired) electrons. The van der Waals surface area contributed by atoms with Crippen molar-refractivity contribution in [2.24, 2.45) is 0 Å². The van der Waals surface area contributed by atoms with E-state index < -0.39 is 6.04 Å². The van der Waals surface area contributed by atoms with Gasteiger partial charge in [0.25, 0.3) is 5.56 Å². The number of morpholine rings is 1. The second-order valence-electron chi connectivity index (χ2n) is 4.83. The largest absolute Gasteiger partial charge is 0.378 e. The van der Waals surface area contributed by atoms with Gasteiger partial charge in [-0.25, -0.2) is 0 Å². The maximum Gasteiger partial charge on any atom is 0.269 e. The van der Waals surface area contributed by atoms with Gasteiger partial charge in [-0.2, -0.15) is 0 Å². The van der Waals surface area contributed by atoms with Crippen molar-refractivity contribution >= 4 is 27.5 Å². The number of aromatic nitrogens is 1. The molecule has 1 saturated heterocycles. The van der Waals surface area contributed by atoms with Crippen molar-refractivity contribution < 1.29 is 9.53 Å². The highest BCUT2D eigenvalue weighted by Gasteiger charge is 2.25. The first-order chi connectivity index (χ1) is 9.68. The van der Waals surface area contributed by atoms with Gasteiger partial charge in [0, 0.05) is 13.1 Å². The van der Waals surface area contributed by atoms with Crippen molar-refractivity contribution in [3.05, 3.63) is 34.6 Å². The molecule has 20 heavy (non-hydrogen) atoms. The molecule has 0 spiro atoms. The Morgan fingerprint density at radius 3 is 2.70 bits per heavy atom. The zero-order chi connectivity index (χ0) is 14.1. The summed E-state index contributed by atoms with van der Waals surface area (Å²) in [4.78, 5) is 26.5. The average Bonchev–Trinajstić information content (AvgIpc) is 2.84. The number of fused-ring (bicyclic) bond motifs is 1. The molecular weight excluding hydrogens is 276 g/mol. The van der Waals surface area contributed by atoms with Crippen LogP contribution in [-0.4, -0.2) is 41.1 Å². The lowest BCUT2D eigenvalue weighted by Crippen LogP contribution is -2.44. The fourth-order valence-electron chi connectivity index (χ4n) is 2.39. The van der Waals surface area contributed by atoms with Crippen molar-refractivity contribution in [2.45, 2.75) is 13.0 Å². The zero-order valence-electron chi connectivity index (χ0n) is 11.2. The molecule has 1 aliphatic rings. The Morgan fingerprint density at radius 1 is 1.30 bits per heavy atom. The maximum absolute atomic E-state index is 12.4. The molecule has 106 valence electrons. The first-order valence-electron chi connectivity index (χ1n) is 6.65. The van der Waals surface area contributed by atoms with Crippen LogP contribution in [0.5, 0.6) is 0 Å². The van der Waals surface area contributed by atoms with Gasteiger partial charge < -0.3 is 9.64 Å². The van der Waals surface area contributed by atoms with Crippen LogP contribution in [0.4, 0.5) is 0 Å². The zero-order valence-corrected chi connectivity index (χ0v) is 12.1. The Balaban J connectivity index is 1.91. The van der Waals surface area contributed by atoms with Crippen LogP contribution in [0.2, 0.25) is 0 Å². The van der Waals surface area contributed by atoms with E-state index in [0.717, 1.165) is 4.70 Å². The minimum atomic E-state index is -0.460. The summed E-state index contributed by atoms with van der Waals surface area (Å²) in [6.45, 7) is 4.12. The molecule has 1 aromatic heterocycles. The summed E-state index contributed by atoms with van der Waals surface area (Å²) in [5.74, 6) is -0.0121. The predicted molar refractivity (Wildman–Crippen MR) is 78.2 cm³/mol. The molecule has 0 N–H and O–H groups in total. The quantitative estimate of drug-likeness (QED) is 0.842. The van der Waals surface area contributed by atoms with Crippen molar-refractivity contribution in [1.29, 1.82) is 0 Å². The fraction of sp³-hybridized carbons (Fsp3) is 0.429. The van der Waals surface area contributed by atoms with Crippen LogP contribution in [0.3, 0.4) is 0 Å². The summed E-state index contributed by atoms with van der Waals surface area (Å²) in [7, 11) is 0. The Labute approximate surface area is 120 Å². The van der Waals surface area contributed by atoms with Crippen molar-refractivity contribution in [1.82, 2.24) is 8.86 Å². The van der Waals surface area contributed by atoms with Gasteiger partial charge >= 0.3 is 0 Å². The third-order valence-electron chi connectivity index (χ3n) is 3.55. The Kier molecular flexibility index (Phi) is 3.58.